The average molecular weight is 371 g/mol. The molecule has 0 spiro atoms. The zero-order valence-corrected chi connectivity index (χ0v) is 15.9. The first kappa shape index (κ1) is 18.5. The van der Waals surface area contributed by atoms with E-state index < -0.39 is 0 Å². The third-order valence-electron chi connectivity index (χ3n) is 5.32. The molecule has 2 atom stereocenters. The van der Waals surface area contributed by atoms with Gasteiger partial charge in [-0.25, -0.2) is 0 Å². The third kappa shape index (κ3) is 4.49. The van der Waals surface area contributed by atoms with Crippen LogP contribution in [0.2, 0.25) is 0 Å². The van der Waals surface area contributed by atoms with E-state index in [2.05, 4.69) is 36.4 Å². The first-order valence-corrected chi connectivity index (χ1v) is 9.82. The minimum Gasteiger partial charge on any atom is -0.371 e. The van der Waals surface area contributed by atoms with E-state index in [0.29, 0.717) is 19.6 Å². The van der Waals surface area contributed by atoms with Crippen LogP contribution in [-0.2, 0) is 29.1 Å². The number of amides is 1. The van der Waals surface area contributed by atoms with Crippen molar-refractivity contribution >= 4 is 5.91 Å². The lowest BCUT2D eigenvalue weighted by atomic mass is 10.0. The van der Waals surface area contributed by atoms with Crippen molar-refractivity contribution < 1.29 is 9.53 Å². The van der Waals surface area contributed by atoms with Crippen molar-refractivity contribution in [3.05, 3.63) is 108 Å². The normalized spacial score (nSPS) is 19.1. The van der Waals surface area contributed by atoms with Gasteiger partial charge in [0.1, 0.15) is 0 Å². The molecule has 0 radical (unpaired) electrons. The van der Waals surface area contributed by atoms with Crippen LogP contribution in [0.4, 0.5) is 0 Å². The van der Waals surface area contributed by atoms with Crippen LogP contribution >= 0.6 is 0 Å². The van der Waals surface area contributed by atoms with Crippen molar-refractivity contribution in [3.63, 3.8) is 0 Å². The fraction of sp³-hybridized carbons (Fsp3) is 0.240. The number of hydrogen-bond acceptors (Lipinski definition) is 2. The number of ether oxygens (including phenoxy) is 1. The molecule has 0 aliphatic carbocycles. The van der Waals surface area contributed by atoms with E-state index in [9.17, 15) is 4.79 Å². The second kappa shape index (κ2) is 8.85. The van der Waals surface area contributed by atoms with Crippen LogP contribution in [0.1, 0.15) is 23.1 Å². The summed E-state index contributed by atoms with van der Waals surface area (Å²) in [5, 5.41) is 0. The smallest absolute Gasteiger partial charge is 0.225 e. The van der Waals surface area contributed by atoms with Crippen LogP contribution in [0.15, 0.2) is 91.0 Å². The molecule has 3 nitrogen and oxygen atoms in total. The van der Waals surface area contributed by atoms with Gasteiger partial charge in [0, 0.05) is 6.54 Å². The Morgan fingerprint density at radius 2 is 1.29 bits per heavy atom. The van der Waals surface area contributed by atoms with Gasteiger partial charge in [-0.15, -0.1) is 0 Å². The second-order valence-corrected chi connectivity index (χ2v) is 7.30. The monoisotopic (exact) mass is 371 g/mol. The third-order valence-corrected chi connectivity index (χ3v) is 5.32. The largest absolute Gasteiger partial charge is 0.371 e. The van der Waals surface area contributed by atoms with E-state index in [4.69, 9.17) is 4.74 Å². The number of carbonyl (C=O) groups is 1. The Kier molecular flexibility index (Phi) is 5.83. The van der Waals surface area contributed by atoms with Crippen LogP contribution in [0.5, 0.6) is 0 Å². The fourth-order valence-electron chi connectivity index (χ4n) is 3.84. The minimum absolute atomic E-state index is 0.0406. The molecular weight excluding hydrogens is 346 g/mol. The summed E-state index contributed by atoms with van der Waals surface area (Å²) >= 11 is 0. The fourth-order valence-corrected chi connectivity index (χ4v) is 3.84. The molecule has 3 aromatic carbocycles. The molecule has 1 heterocycles. The van der Waals surface area contributed by atoms with E-state index in [1.807, 2.05) is 59.5 Å². The zero-order valence-electron chi connectivity index (χ0n) is 15.9. The van der Waals surface area contributed by atoms with Crippen molar-refractivity contribution in [1.82, 2.24) is 4.90 Å². The van der Waals surface area contributed by atoms with Crippen molar-refractivity contribution in [3.8, 4) is 0 Å². The van der Waals surface area contributed by atoms with Crippen molar-refractivity contribution in [2.24, 2.45) is 0 Å². The number of nitrogens with zero attached hydrogens (tertiary/aromatic N) is 1. The molecule has 1 aliphatic heterocycles. The van der Waals surface area contributed by atoms with E-state index in [-0.39, 0.29) is 18.1 Å². The number of hydrogen-bond donors (Lipinski definition) is 0. The van der Waals surface area contributed by atoms with Gasteiger partial charge >= 0.3 is 0 Å². The Labute approximate surface area is 166 Å². The van der Waals surface area contributed by atoms with Crippen LogP contribution < -0.4 is 0 Å². The van der Waals surface area contributed by atoms with Gasteiger partial charge in [0.05, 0.1) is 25.2 Å². The molecule has 28 heavy (non-hydrogen) atoms. The first-order chi connectivity index (χ1) is 13.8. The summed E-state index contributed by atoms with van der Waals surface area (Å²) in [4.78, 5) is 14.8. The topological polar surface area (TPSA) is 29.5 Å². The second-order valence-electron chi connectivity index (χ2n) is 7.30. The summed E-state index contributed by atoms with van der Waals surface area (Å²) in [6.07, 6.45) is 1.15. The lowest BCUT2D eigenvalue weighted by Crippen LogP contribution is -2.39. The Bertz CT molecular complexity index is 880. The average Bonchev–Trinajstić information content (AvgIpc) is 3.03. The summed E-state index contributed by atoms with van der Waals surface area (Å²) < 4.78 is 6.25. The Morgan fingerprint density at radius 3 is 1.89 bits per heavy atom. The molecule has 0 unspecified atom stereocenters. The highest BCUT2D eigenvalue weighted by Gasteiger charge is 2.40. The lowest BCUT2D eigenvalue weighted by Gasteiger charge is -2.28. The molecule has 3 aromatic rings. The van der Waals surface area contributed by atoms with Gasteiger partial charge in [-0.2, -0.15) is 0 Å². The Hall–Kier alpha value is -2.91. The molecule has 3 heteroatoms. The lowest BCUT2D eigenvalue weighted by molar-refractivity contribution is -0.129. The molecular formula is C25H25NO2. The van der Waals surface area contributed by atoms with Gasteiger partial charge < -0.3 is 9.64 Å². The van der Waals surface area contributed by atoms with E-state index in [0.717, 1.165) is 17.5 Å². The van der Waals surface area contributed by atoms with Crippen LogP contribution in [-0.4, -0.2) is 23.0 Å². The molecule has 1 saturated heterocycles. The van der Waals surface area contributed by atoms with E-state index in [1.165, 1.54) is 5.56 Å². The number of benzene rings is 3. The maximum Gasteiger partial charge on any atom is 0.225 e. The van der Waals surface area contributed by atoms with Crippen molar-refractivity contribution in [2.45, 2.75) is 38.1 Å². The Morgan fingerprint density at radius 1 is 0.750 bits per heavy atom. The molecule has 1 amide bonds. The highest BCUT2D eigenvalue weighted by Crippen LogP contribution is 2.28. The van der Waals surface area contributed by atoms with Gasteiger partial charge in [-0.1, -0.05) is 91.0 Å². The van der Waals surface area contributed by atoms with Gasteiger partial charge in [-0.05, 0) is 23.1 Å². The summed E-state index contributed by atoms with van der Waals surface area (Å²) in [5.74, 6) is 0.169. The van der Waals surface area contributed by atoms with Crippen molar-refractivity contribution in [2.75, 3.05) is 0 Å². The maximum absolute atomic E-state index is 12.8. The van der Waals surface area contributed by atoms with E-state index in [1.54, 1.807) is 0 Å². The summed E-state index contributed by atoms with van der Waals surface area (Å²) in [7, 11) is 0. The Balaban J connectivity index is 1.53. The molecule has 0 saturated carbocycles. The predicted octanol–water partition coefficient (Wildman–Crippen LogP) is 4.62. The predicted molar refractivity (Wildman–Crippen MR) is 111 cm³/mol. The quantitative estimate of drug-likeness (QED) is 0.607. The SMILES string of the molecule is O=C1C[C@H](OCc2ccccc2)[C@@H](Cc2ccccc2)N1Cc1ccccc1. The first-order valence-electron chi connectivity index (χ1n) is 9.82. The number of likely N-dealkylation sites (tertiary alicyclic amines) is 1. The summed E-state index contributed by atoms with van der Waals surface area (Å²) in [5.41, 5.74) is 3.51. The van der Waals surface area contributed by atoms with E-state index >= 15 is 0 Å². The zero-order chi connectivity index (χ0) is 19.2. The minimum atomic E-state index is -0.100. The van der Waals surface area contributed by atoms with Gasteiger partial charge in [0.15, 0.2) is 0 Å². The molecule has 0 bridgehead atoms. The van der Waals surface area contributed by atoms with Gasteiger partial charge in [-0.3, -0.25) is 4.79 Å². The van der Waals surface area contributed by atoms with Crippen LogP contribution in [0, 0.1) is 0 Å². The maximum atomic E-state index is 12.8. The highest BCUT2D eigenvalue weighted by atomic mass is 16.5. The van der Waals surface area contributed by atoms with Crippen molar-refractivity contribution in [1.29, 1.82) is 0 Å². The molecule has 0 aromatic heterocycles. The number of carbonyl (C=O) groups excluding carboxylic acids is 1. The standard InChI is InChI=1S/C25H25NO2/c27-25-17-24(28-19-22-14-8-3-9-15-22)23(16-20-10-4-1-5-11-20)26(25)18-21-12-6-2-7-13-21/h1-15,23-24H,16-19H2/t23-,24+/m1/s1. The molecule has 142 valence electrons. The van der Waals surface area contributed by atoms with Gasteiger partial charge in [0.2, 0.25) is 5.91 Å². The molecule has 1 aliphatic rings. The highest BCUT2D eigenvalue weighted by molar-refractivity contribution is 5.80. The molecule has 4 rings (SSSR count). The van der Waals surface area contributed by atoms with Crippen LogP contribution in [0.25, 0.3) is 0 Å². The molecule has 0 N–H and O–H groups in total. The van der Waals surface area contributed by atoms with Crippen LogP contribution in [0.3, 0.4) is 0 Å². The number of rotatable bonds is 7. The molecule has 1 fully saturated rings. The summed E-state index contributed by atoms with van der Waals surface area (Å²) in [6, 6.07) is 30.8. The van der Waals surface area contributed by atoms with Gasteiger partial charge in [0.25, 0.3) is 0 Å². The summed E-state index contributed by atoms with van der Waals surface area (Å²) in [6.45, 7) is 1.16.